The molecule has 0 amide bonds. The lowest BCUT2D eigenvalue weighted by atomic mass is 10.2. The second-order valence-electron chi connectivity index (χ2n) is 4.46. The highest BCUT2D eigenvalue weighted by molar-refractivity contribution is 4.91. The standard InChI is InChI=1S/C14H22O5/c1-3-11(13-15-7-5-8-16-13)19-12(4-2)14-17-9-6-10-18-14/h3-4,11-14H,1-2,5-10H2. The van der Waals surface area contributed by atoms with Gasteiger partial charge in [0, 0.05) is 0 Å². The van der Waals surface area contributed by atoms with Gasteiger partial charge in [0.15, 0.2) is 12.6 Å². The van der Waals surface area contributed by atoms with E-state index in [9.17, 15) is 0 Å². The van der Waals surface area contributed by atoms with E-state index in [2.05, 4.69) is 13.2 Å². The van der Waals surface area contributed by atoms with Crippen LogP contribution in [0.25, 0.3) is 0 Å². The Morgan fingerprint density at radius 3 is 1.47 bits per heavy atom. The fraction of sp³-hybridized carbons (Fsp3) is 0.714. The molecule has 5 nitrogen and oxygen atoms in total. The van der Waals surface area contributed by atoms with Gasteiger partial charge in [-0.25, -0.2) is 0 Å². The zero-order chi connectivity index (χ0) is 13.5. The van der Waals surface area contributed by atoms with Gasteiger partial charge >= 0.3 is 0 Å². The molecule has 0 aliphatic carbocycles. The lowest BCUT2D eigenvalue weighted by Crippen LogP contribution is -2.43. The molecule has 0 spiro atoms. The monoisotopic (exact) mass is 270 g/mol. The van der Waals surface area contributed by atoms with Gasteiger partial charge in [0.25, 0.3) is 0 Å². The summed E-state index contributed by atoms with van der Waals surface area (Å²) in [5, 5.41) is 0. The molecule has 2 atom stereocenters. The predicted molar refractivity (Wildman–Crippen MR) is 69.7 cm³/mol. The molecule has 108 valence electrons. The summed E-state index contributed by atoms with van der Waals surface area (Å²) in [7, 11) is 0. The van der Waals surface area contributed by atoms with Crippen molar-refractivity contribution in [3.05, 3.63) is 25.3 Å². The molecule has 0 saturated carbocycles. The Labute approximate surface area is 114 Å². The van der Waals surface area contributed by atoms with Crippen molar-refractivity contribution in [2.24, 2.45) is 0 Å². The van der Waals surface area contributed by atoms with Crippen LogP contribution in [0.15, 0.2) is 25.3 Å². The first-order valence-corrected chi connectivity index (χ1v) is 6.72. The lowest BCUT2D eigenvalue weighted by Gasteiger charge is -2.34. The first kappa shape index (κ1) is 14.7. The van der Waals surface area contributed by atoms with Gasteiger partial charge in [-0.1, -0.05) is 12.2 Å². The minimum Gasteiger partial charge on any atom is -0.356 e. The summed E-state index contributed by atoms with van der Waals surface area (Å²) in [5.41, 5.74) is 0. The topological polar surface area (TPSA) is 46.2 Å². The van der Waals surface area contributed by atoms with E-state index in [0.717, 1.165) is 12.8 Å². The molecule has 2 fully saturated rings. The van der Waals surface area contributed by atoms with Crippen LogP contribution < -0.4 is 0 Å². The predicted octanol–water partition coefficient (Wildman–Crippen LogP) is 1.64. The largest absolute Gasteiger partial charge is 0.356 e. The zero-order valence-corrected chi connectivity index (χ0v) is 11.2. The highest BCUT2D eigenvalue weighted by Crippen LogP contribution is 2.19. The van der Waals surface area contributed by atoms with Crippen molar-refractivity contribution >= 4 is 0 Å². The maximum absolute atomic E-state index is 5.89. The highest BCUT2D eigenvalue weighted by Gasteiger charge is 2.30. The summed E-state index contributed by atoms with van der Waals surface area (Å²) in [6.07, 6.45) is 3.59. The second-order valence-corrected chi connectivity index (χ2v) is 4.46. The van der Waals surface area contributed by atoms with Crippen LogP contribution in [-0.2, 0) is 23.7 Å². The van der Waals surface area contributed by atoms with Crippen LogP contribution in [0.2, 0.25) is 0 Å². The molecular weight excluding hydrogens is 248 g/mol. The van der Waals surface area contributed by atoms with Gasteiger partial charge in [-0.15, -0.1) is 13.2 Å². The molecule has 0 radical (unpaired) electrons. The summed E-state index contributed by atoms with van der Waals surface area (Å²) < 4.78 is 28.0. The molecule has 19 heavy (non-hydrogen) atoms. The van der Waals surface area contributed by atoms with E-state index in [-0.39, 0.29) is 12.2 Å². The summed E-state index contributed by atoms with van der Waals surface area (Å²) in [6.45, 7) is 10.2. The Kier molecular flexibility index (Phi) is 6.00. The number of rotatable bonds is 6. The van der Waals surface area contributed by atoms with Crippen molar-refractivity contribution < 1.29 is 23.7 Å². The van der Waals surface area contributed by atoms with Gasteiger partial charge in [-0.3, -0.25) is 0 Å². The number of hydrogen-bond acceptors (Lipinski definition) is 5. The molecule has 2 saturated heterocycles. The van der Waals surface area contributed by atoms with Crippen LogP contribution in [0, 0.1) is 0 Å². The number of hydrogen-bond donors (Lipinski definition) is 0. The molecule has 0 aromatic carbocycles. The van der Waals surface area contributed by atoms with Crippen molar-refractivity contribution in [1.29, 1.82) is 0 Å². The molecule has 2 unspecified atom stereocenters. The minimum atomic E-state index is -0.419. The molecule has 0 bridgehead atoms. The molecule has 2 rings (SSSR count). The Morgan fingerprint density at radius 1 is 0.789 bits per heavy atom. The van der Waals surface area contributed by atoms with Gasteiger partial charge in [0.2, 0.25) is 0 Å². The first-order chi connectivity index (χ1) is 9.35. The summed E-state index contributed by atoms with van der Waals surface area (Å²) in [6, 6.07) is 0. The third-order valence-corrected chi connectivity index (χ3v) is 3.02. The molecule has 0 aromatic rings. The van der Waals surface area contributed by atoms with Gasteiger partial charge < -0.3 is 23.7 Å². The van der Waals surface area contributed by atoms with Crippen LogP contribution >= 0.6 is 0 Å². The molecule has 0 aromatic heterocycles. The van der Waals surface area contributed by atoms with Gasteiger partial charge in [0.05, 0.1) is 26.4 Å². The van der Waals surface area contributed by atoms with Gasteiger partial charge in [-0.05, 0) is 12.8 Å². The summed E-state index contributed by atoms with van der Waals surface area (Å²) in [4.78, 5) is 0. The molecule has 2 aliphatic rings. The maximum Gasteiger partial charge on any atom is 0.187 e. The van der Waals surface area contributed by atoms with Crippen LogP contribution in [0.4, 0.5) is 0 Å². The van der Waals surface area contributed by atoms with E-state index in [1.807, 2.05) is 0 Å². The van der Waals surface area contributed by atoms with Gasteiger partial charge in [-0.2, -0.15) is 0 Å². The molecule has 2 heterocycles. The van der Waals surface area contributed by atoms with Crippen LogP contribution in [0.1, 0.15) is 12.8 Å². The van der Waals surface area contributed by atoms with Gasteiger partial charge in [0.1, 0.15) is 12.2 Å². The SMILES string of the molecule is C=CC(OC(C=C)C1OCCCO1)C1OCCCO1. The average Bonchev–Trinajstić information content (AvgIpc) is 2.50. The second kappa shape index (κ2) is 7.77. The summed E-state index contributed by atoms with van der Waals surface area (Å²) in [5.74, 6) is 0. The number of ether oxygens (including phenoxy) is 5. The molecule has 0 N–H and O–H groups in total. The smallest absolute Gasteiger partial charge is 0.187 e. The minimum absolute atomic E-state index is 0.363. The van der Waals surface area contributed by atoms with Crippen molar-refractivity contribution in [3.8, 4) is 0 Å². The van der Waals surface area contributed by atoms with E-state index < -0.39 is 12.6 Å². The van der Waals surface area contributed by atoms with E-state index in [4.69, 9.17) is 23.7 Å². The average molecular weight is 270 g/mol. The van der Waals surface area contributed by atoms with Crippen LogP contribution in [-0.4, -0.2) is 51.2 Å². The Bertz CT molecular complexity index is 254. The first-order valence-electron chi connectivity index (χ1n) is 6.72. The highest BCUT2D eigenvalue weighted by atomic mass is 16.7. The van der Waals surface area contributed by atoms with E-state index in [1.54, 1.807) is 12.2 Å². The van der Waals surface area contributed by atoms with E-state index in [1.165, 1.54) is 0 Å². The van der Waals surface area contributed by atoms with E-state index in [0.29, 0.717) is 26.4 Å². The van der Waals surface area contributed by atoms with Crippen molar-refractivity contribution in [3.63, 3.8) is 0 Å². The quantitative estimate of drug-likeness (QED) is 0.687. The fourth-order valence-corrected chi connectivity index (χ4v) is 2.03. The van der Waals surface area contributed by atoms with E-state index >= 15 is 0 Å². The molecule has 5 heteroatoms. The Hall–Kier alpha value is -0.720. The normalized spacial score (nSPS) is 25.7. The Morgan fingerprint density at radius 2 is 1.16 bits per heavy atom. The lowest BCUT2D eigenvalue weighted by molar-refractivity contribution is -0.263. The van der Waals surface area contributed by atoms with Crippen molar-refractivity contribution in [1.82, 2.24) is 0 Å². The molecular formula is C14H22O5. The van der Waals surface area contributed by atoms with Crippen LogP contribution in [0.3, 0.4) is 0 Å². The molecule has 2 aliphatic heterocycles. The Balaban J connectivity index is 1.90. The third kappa shape index (κ3) is 4.12. The van der Waals surface area contributed by atoms with Crippen molar-refractivity contribution in [2.45, 2.75) is 37.6 Å². The zero-order valence-electron chi connectivity index (χ0n) is 11.2. The maximum atomic E-state index is 5.89. The fourth-order valence-electron chi connectivity index (χ4n) is 2.03. The summed E-state index contributed by atoms with van der Waals surface area (Å²) >= 11 is 0. The van der Waals surface area contributed by atoms with Crippen LogP contribution in [0.5, 0.6) is 0 Å². The van der Waals surface area contributed by atoms with Crippen molar-refractivity contribution in [2.75, 3.05) is 26.4 Å². The third-order valence-electron chi connectivity index (χ3n) is 3.02.